The number of aromatic nitrogens is 1. The molecule has 26 heavy (non-hydrogen) atoms. The first-order valence-corrected chi connectivity index (χ1v) is 9.07. The fourth-order valence-electron chi connectivity index (χ4n) is 2.68. The van der Waals surface area contributed by atoms with E-state index in [-0.39, 0.29) is 30.1 Å². The van der Waals surface area contributed by atoms with Crippen LogP contribution in [0.15, 0.2) is 29.8 Å². The summed E-state index contributed by atoms with van der Waals surface area (Å²) in [6, 6.07) is 4.91. The minimum absolute atomic E-state index is 0.0624. The van der Waals surface area contributed by atoms with Gasteiger partial charge < -0.3 is 10.1 Å². The summed E-state index contributed by atoms with van der Waals surface area (Å²) in [4.78, 5) is 42.3. The maximum atomic E-state index is 12.9. The van der Waals surface area contributed by atoms with Gasteiger partial charge in [-0.3, -0.25) is 19.3 Å². The van der Waals surface area contributed by atoms with Crippen molar-refractivity contribution in [1.29, 1.82) is 0 Å². The summed E-state index contributed by atoms with van der Waals surface area (Å²) in [5.41, 5.74) is 0.877. The molecule has 1 atom stereocenters. The highest BCUT2D eigenvalue weighted by Gasteiger charge is 2.37. The molecule has 7 nitrogen and oxygen atoms in total. The Morgan fingerprint density at radius 1 is 1.38 bits per heavy atom. The zero-order valence-corrected chi connectivity index (χ0v) is 15.5. The molecule has 1 aliphatic rings. The summed E-state index contributed by atoms with van der Waals surface area (Å²) in [5, 5.41) is 4.88. The van der Waals surface area contributed by atoms with Crippen molar-refractivity contribution in [3.63, 3.8) is 0 Å². The zero-order valence-electron chi connectivity index (χ0n) is 14.7. The number of rotatable bonds is 5. The number of benzene rings is 1. The number of amides is 2. The summed E-state index contributed by atoms with van der Waals surface area (Å²) in [5.74, 6) is -0.374. The highest BCUT2D eigenvalue weighted by Crippen LogP contribution is 2.36. The first-order valence-electron chi connectivity index (χ1n) is 8.19. The van der Waals surface area contributed by atoms with Gasteiger partial charge in [-0.15, -0.1) is 11.3 Å². The molecule has 136 valence electrons. The first kappa shape index (κ1) is 18.1. The van der Waals surface area contributed by atoms with E-state index < -0.39 is 6.10 Å². The number of ether oxygens (including phenoxy) is 1. The van der Waals surface area contributed by atoms with E-state index in [0.717, 1.165) is 0 Å². The average Bonchev–Trinajstić information content (AvgIpc) is 3.09. The first-order chi connectivity index (χ1) is 12.4. The second-order valence-corrected chi connectivity index (χ2v) is 7.23. The Balaban J connectivity index is 1.92. The molecule has 0 bridgehead atoms. The average molecular weight is 373 g/mol. The summed E-state index contributed by atoms with van der Waals surface area (Å²) in [7, 11) is 0. The molecule has 1 unspecified atom stereocenters. The lowest BCUT2D eigenvalue weighted by molar-refractivity contribution is -0.129. The number of carbonyl (C=O) groups excluding carboxylic acids is 3. The van der Waals surface area contributed by atoms with E-state index in [1.807, 2.05) is 13.8 Å². The summed E-state index contributed by atoms with van der Waals surface area (Å²) in [6.07, 6.45) is 0.905. The number of Topliss-reactive ketones (excluding diaryl/α,β-unsaturated/α-hetero) is 1. The number of carbonyl (C=O) groups is 3. The molecule has 0 aliphatic carbocycles. The van der Waals surface area contributed by atoms with Gasteiger partial charge in [0.2, 0.25) is 5.91 Å². The molecule has 1 N–H and O–H groups in total. The van der Waals surface area contributed by atoms with Gasteiger partial charge in [-0.2, -0.15) is 0 Å². The molecule has 0 radical (unpaired) electrons. The molecule has 2 heterocycles. The predicted octanol–water partition coefficient (Wildman–Crippen LogP) is 2.73. The normalized spacial score (nSPS) is 16.2. The SMILES string of the molecule is CC(=O)c1ccc2c(c1)N(CC(=O)Nc1nccs1)C(=O)C(C(C)C)O2. The Kier molecular flexibility index (Phi) is 5.03. The molecule has 3 rings (SSSR count). The van der Waals surface area contributed by atoms with Gasteiger partial charge in [-0.05, 0) is 31.0 Å². The van der Waals surface area contributed by atoms with Crippen LogP contribution < -0.4 is 15.0 Å². The molecular formula is C18H19N3O4S. The zero-order chi connectivity index (χ0) is 18.8. The molecule has 1 aromatic heterocycles. The summed E-state index contributed by atoms with van der Waals surface area (Å²) < 4.78 is 5.81. The standard InChI is InChI=1S/C18H19N3O4S/c1-10(2)16-17(24)21(9-15(23)20-18-19-6-7-26-18)13-8-12(11(3)22)4-5-14(13)25-16/h4-8,10,16H,9H2,1-3H3,(H,19,20,23). The number of hydrogen-bond donors (Lipinski definition) is 1. The van der Waals surface area contributed by atoms with Gasteiger partial charge in [0.05, 0.1) is 5.69 Å². The second-order valence-electron chi connectivity index (χ2n) is 6.33. The Hall–Kier alpha value is -2.74. The molecule has 2 aromatic rings. The Morgan fingerprint density at radius 3 is 2.77 bits per heavy atom. The van der Waals surface area contributed by atoms with E-state index >= 15 is 0 Å². The van der Waals surface area contributed by atoms with Gasteiger partial charge in [0.25, 0.3) is 5.91 Å². The molecule has 0 saturated heterocycles. The van der Waals surface area contributed by atoms with Crippen molar-refractivity contribution in [2.24, 2.45) is 5.92 Å². The van der Waals surface area contributed by atoms with E-state index in [2.05, 4.69) is 10.3 Å². The molecule has 8 heteroatoms. The quantitative estimate of drug-likeness (QED) is 0.814. The van der Waals surface area contributed by atoms with Crippen molar-refractivity contribution in [3.8, 4) is 5.75 Å². The van der Waals surface area contributed by atoms with Gasteiger partial charge in [-0.1, -0.05) is 13.8 Å². The van der Waals surface area contributed by atoms with E-state index in [4.69, 9.17) is 4.74 Å². The number of hydrogen-bond acceptors (Lipinski definition) is 6. The minimum atomic E-state index is -0.682. The lowest BCUT2D eigenvalue weighted by atomic mass is 10.0. The third-order valence-electron chi connectivity index (χ3n) is 4.01. The fraction of sp³-hybridized carbons (Fsp3) is 0.333. The molecule has 1 aliphatic heterocycles. The Bertz CT molecular complexity index is 848. The molecular weight excluding hydrogens is 354 g/mol. The highest BCUT2D eigenvalue weighted by molar-refractivity contribution is 7.13. The van der Waals surface area contributed by atoms with Crippen molar-refractivity contribution in [2.75, 3.05) is 16.8 Å². The molecule has 0 fully saturated rings. The van der Waals surface area contributed by atoms with E-state index in [1.165, 1.54) is 23.2 Å². The third kappa shape index (κ3) is 3.60. The van der Waals surface area contributed by atoms with Crippen molar-refractivity contribution < 1.29 is 19.1 Å². The Labute approximate surface area is 155 Å². The maximum absolute atomic E-state index is 12.9. The van der Waals surface area contributed by atoms with Crippen LogP contribution in [-0.4, -0.2) is 35.2 Å². The number of nitrogens with one attached hydrogen (secondary N) is 1. The van der Waals surface area contributed by atoms with Gasteiger partial charge in [0.1, 0.15) is 12.3 Å². The fourth-order valence-corrected chi connectivity index (χ4v) is 3.22. The monoisotopic (exact) mass is 373 g/mol. The predicted molar refractivity (Wildman–Crippen MR) is 98.8 cm³/mol. The molecule has 0 saturated carbocycles. The van der Waals surface area contributed by atoms with Crippen LogP contribution in [0, 0.1) is 5.92 Å². The molecule has 1 aromatic carbocycles. The van der Waals surface area contributed by atoms with Crippen LogP contribution in [0.2, 0.25) is 0 Å². The minimum Gasteiger partial charge on any atom is -0.478 e. The van der Waals surface area contributed by atoms with Crippen molar-refractivity contribution in [2.45, 2.75) is 26.9 Å². The Morgan fingerprint density at radius 2 is 2.15 bits per heavy atom. The van der Waals surface area contributed by atoms with E-state index in [0.29, 0.717) is 22.1 Å². The van der Waals surface area contributed by atoms with Gasteiger partial charge in [-0.25, -0.2) is 4.98 Å². The van der Waals surface area contributed by atoms with Crippen molar-refractivity contribution in [1.82, 2.24) is 4.98 Å². The van der Waals surface area contributed by atoms with Crippen LogP contribution >= 0.6 is 11.3 Å². The topological polar surface area (TPSA) is 88.6 Å². The number of fused-ring (bicyclic) bond motifs is 1. The number of thiazole rings is 1. The van der Waals surface area contributed by atoms with Crippen LogP contribution in [0.3, 0.4) is 0 Å². The van der Waals surface area contributed by atoms with Gasteiger partial charge in [0.15, 0.2) is 17.0 Å². The smallest absolute Gasteiger partial charge is 0.268 e. The van der Waals surface area contributed by atoms with Gasteiger partial charge in [0, 0.05) is 17.1 Å². The van der Waals surface area contributed by atoms with Crippen molar-refractivity contribution in [3.05, 3.63) is 35.3 Å². The van der Waals surface area contributed by atoms with E-state index in [1.54, 1.807) is 29.8 Å². The second kappa shape index (κ2) is 7.25. The maximum Gasteiger partial charge on any atom is 0.268 e. The third-order valence-corrected chi connectivity index (χ3v) is 4.69. The number of ketones is 1. The van der Waals surface area contributed by atoms with Crippen LogP contribution in [0.25, 0.3) is 0 Å². The van der Waals surface area contributed by atoms with Crippen molar-refractivity contribution >= 4 is 39.8 Å². The summed E-state index contributed by atoms with van der Waals surface area (Å²) in [6.45, 7) is 5.03. The van der Waals surface area contributed by atoms with Crippen LogP contribution in [-0.2, 0) is 9.59 Å². The molecule has 0 spiro atoms. The largest absolute Gasteiger partial charge is 0.478 e. The lowest BCUT2D eigenvalue weighted by Gasteiger charge is -2.35. The summed E-state index contributed by atoms with van der Waals surface area (Å²) >= 11 is 1.30. The molecule has 2 amide bonds. The van der Waals surface area contributed by atoms with Crippen LogP contribution in [0.5, 0.6) is 5.75 Å². The number of anilines is 2. The van der Waals surface area contributed by atoms with Crippen LogP contribution in [0.4, 0.5) is 10.8 Å². The van der Waals surface area contributed by atoms with Gasteiger partial charge >= 0.3 is 0 Å². The van der Waals surface area contributed by atoms with E-state index in [9.17, 15) is 14.4 Å². The highest BCUT2D eigenvalue weighted by atomic mass is 32.1. The lowest BCUT2D eigenvalue weighted by Crippen LogP contribution is -2.50. The van der Waals surface area contributed by atoms with Crippen LogP contribution in [0.1, 0.15) is 31.1 Å². The number of nitrogens with zero attached hydrogens (tertiary/aromatic N) is 2.